The topological polar surface area (TPSA) is 38.5 Å². The van der Waals surface area contributed by atoms with Crippen LogP contribution in [0.1, 0.15) is 12.5 Å². The third kappa shape index (κ3) is 2.54. The fourth-order valence-electron chi connectivity index (χ4n) is 2.53. The fourth-order valence-corrected chi connectivity index (χ4v) is 2.73. The van der Waals surface area contributed by atoms with Gasteiger partial charge in [-0.25, -0.2) is 0 Å². The molecule has 0 aromatic heterocycles. The van der Waals surface area contributed by atoms with Gasteiger partial charge in [0.2, 0.25) is 0 Å². The van der Waals surface area contributed by atoms with E-state index in [1.54, 1.807) is 0 Å². The average Bonchev–Trinajstić information content (AvgIpc) is 2.40. The van der Waals surface area contributed by atoms with Crippen molar-refractivity contribution in [2.45, 2.75) is 19.6 Å². The molecule has 20 heavy (non-hydrogen) atoms. The monoisotopic (exact) mass is 288 g/mol. The molecule has 1 atom stereocenters. The number of halogens is 1. The number of ether oxygens (including phenoxy) is 1. The van der Waals surface area contributed by atoms with Crippen LogP contribution in [-0.2, 0) is 6.54 Å². The summed E-state index contributed by atoms with van der Waals surface area (Å²) < 4.78 is 5.86. The van der Waals surface area contributed by atoms with Crippen LogP contribution in [0.25, 0.3) is 0 Å². The van der Waals surface area contributed by atoms with Crippen molar-refractivity contribution in [3.63, 3.8) is 0 Å². The molecule has 0 saturated carbocycles. The van der Waals surface area contributed by atoms with Crippen molar-refractivity contribution < 1.29 is 4.74 Å². The summed E-state index contributed by atoms with van der Waals surface area (Å²) in [6.07, 6.45) is 0.131. The minimum Gasteiger partial charge on any atom is -0.487 e. The van der Waals surface area contributed by atoms with Crippen molar-refractivity contribution >= 4 is 23.0 Å². The van der Waals surface area contributed by atoms with Gasteiger partial charge >= 0.3 is 0 Å². The van der Waals surface area contributed by atoms with E-state index in [1.807, 2.05) is 36.4 Å². The summed E-state index contributed by atoms with van der Waals surface area (Å²) in [5.74, 6) is 0.843. The van der Waals surface area contributed by atoms with Crippen molar-refractivity contribution in [1.29, 1.82) is 0 Å². The smallest absolute Gasteiger partial charge is 0.145 e. The van der Waals surface area contributed by atoms with Crippen LogP contribution in [0.4, 0.5) is 11.4 Å². The Morgan fingerprint density at radius 2 is 2.10 bits per heavy atom. The van der Waals surface area contributed by atoms with E-state index in [9.17, 15) is 0 Å². The van der Waals surface area contributed by atoms with Gasteiger partial charge in [0.05, 0.1) is 12.2 Å². The molecule has 2 aromatic carbocycles. The molecule has 3 nitrogen and oxygen atoms in total. The molecular formula is C16H17ClN2O. The molecule has 0 amide bonds. The molecule has 2 N–H and O–H groups in total. The Balaban J connectivity index is 1.93. The Morgan fingerprint density at radius 3 is 2.90 bits per heavy atom. The van der Waals surface area contributed by atoms with Gasteiger partial charge in [0.1, 0.15) is 11.9 Å². The molecule has 0 spiro atoms. The van der Waals surface area contributed by atoms with Gasteiger partial charge < -0.3 is 15.4 Å². The van der Waals surface area contributed by atoms with Crippen molar-refractivity contribution in [2.24, 2.45) is 0 Å². The van der Waals surface area contributed by atoms with Gasteiger partial charge in [-0.15, -0.1) is 0 Å². The summed E-state index contributed by atoms with van der Waals surface area (Å²) in [7, 11) is 0. The SMILES string of the molecule is CC1CN(Cc2ccccc2Cl)c2ccc(N)cc2O1. The number of nitrogens with two attached hydrogens (primary N) is 1. The maximum Gasteiger partial charge on any atom is 0.145 e. The Labute approximate surface area is 123 Å². The first-order chi connectivity index (χ1) is 9.63. The maximum atomic E-state index is 6.25. The molecule has 0 bridgehead atoms. The lowest BCUT2D eigenvalue weighted by Gasteiger charge is -2.35. The highest BCUT2D eigenvalue weighted by atomic mass is 35.5. The number of nitrogens with zero attached hydrogens (tertiary/aromatic N) is 1. The predicted molar refractivity (Wildman–Crippen MR) is 83.4 cm³/mol. The zero-order valence-corrected chi connectivity index (χ0v) is 12.1. The second-order valence-electron chi connectivity index (χ2n) is 5.13. The number of hydrogen-bond donors (Lipinski definition) is 1. The number of anilines is 2. The Hall–Kier alpha value is -1.87. The fraction of sp³-hybridized carbons (Fsp3) is 0.250. The van der Waals surface area contributed by atoms with Crippen molar-refractivity contribution in [3.8, 4) is 5.75 Å². The number of fused-ring (bicyclic) bond motifs is 1. The summed E-state index contributed by atoms with van der Waals surface area (Å²) >= 11 is 6.25. The van der Waals surface area contributed by atoms with Crippen molar-refractivity contribution in [1.82, 2.24) is 0 Å². The van der Waals surface area contributed by atoms with E-state index in [-0.39, 0.29) is 6.10 Å². The highest BCUT2D eigenvalue weighted by Crippen LogP contribution is 2.36. The molecule has 1 heterocycles. The largest absolute Gasteiger partial charge is 0.487 e. The van der Waals surface area contributed by atoms with E-state index in [0.29, 0.717) is 0 Å². The van der Waals surface area contributed by atoms with Crippen LogP contribution >= 0.6 is 11.6 Å². The normalized spacial score (nSPS) is 17.5. The molecule has 104 valence electrons. The number of rotatable bonds is 2. The summed E-state index contributed by atoms with van der Waals surface area (Å²) in [5.41, 5.74) is 8.73. The molecule has 1 unspecified atom stereocenters. The van der Waals surface area contributed by atoms with Crippen molar-refractivity contribution in [3.05, 3.63) is 53.1 Å². The lowest BCUT2D eigenvalue weighted by atomic mass is 10.1. The van der Waals surface area contributed by atoms with Crippen LogP contribution in [0.3, 0.4) is 0 Å². The Morgan fingerprint density at radius 1 is 1.30 bits per heavy atom. The number of nitrogen functional groups attached to an aromatic ring is 1. The lowest BCUT2D eigenvalue weighted by Crippen LogP contribution is -2.38. The third-order valence-corrected chi connectivity index (χ3v) is 3.82. The van der Waals surface area contributed by atoms with E-state index >= 15 is 0 Å². The van der Waals surface area contributed by atoms with Gasteiger partial charge in [-0.2, -0.15) is 0 Å². The van der Waals surface area contributed by atoms with Crippen LogP contribution in [0.2, 0.25) is 5.02 Å². The third-order valence-electron chi connectivity index (χ3n) is 3.45. The van der Waals surface area contributed by atoms with Crippen LogP contribution in [-0.4, -0.2) is 12.6 Å². The quantitative estimate of drug-likeness (QED) is 0.856. The second-order valence-corrected chi connectivity index (χ2v) is 5.53. The molecule has 3 rings (SSSR count). The first-order valence-corrected chi connectivity index (χ1v) is 7.06. The lowest BCUT2D eigenvalue weighted by molar-refractivity contribution is 0.212. The Bertz CT molecular complexity index is 630. The molecule has 0 aliphatic carbocycles. The standard InChI is InChI=1S/C16H17ClN2O/c1-11-9-19(10-12-4-2-3-5-14(12)17)15-7-6-13(18)8-16(15)20-11/h2-8,11H,9-10,18H2,1H3. The molecule has 4 heteroatoms. The molecule has 0 saturated heterocycles. The molecular weight excluding hydrogens is 272 g/mol. The minimum atomic E-state index is 0.131. The van der Waals surface area contributed by atoms with Gasteiger partial charge in [0.15, 0.2) is 0 Å². The van der Waals surface area contributed by atoms with Crippen LogP contribution in [0, 0.1) is 0 Å². The van der Waals surface area contributed by atoms with Gasteiger partial charge in [0.25, 0.3) is 0 Å². The summed E-state index contributed by atoms with van der Waals surface area (Å²) in [5, 5.41) is 0.795. The van der Waals surface area contributed by atoms with Crippen LogP contribution in [0.5, 0.6) is 5.75 Å². The molecule has 0 fully saturated rings. The zero-order chi connectivity index (χ0) is 14.1. The number of benzene rings is 2. The van der Waals surface area contributed by atoms with Crippen molar-refractivity contribution in [2.75, 3.05) is 17.2 Å². The Kier molecular flexibility index (Phi) is 3.45. The van der Waals surface area contributed by atoms with Gasteiger partial charge in [-0.05, 0) is 30.7 Å². The van der Waals surface area contributed by atoms with E-state index in [2.05, 4.69) is 17.9 Å². The maximum absolute atomic E-state index is 6.25. The second kappa shape index (κ2) is 5.25. The summed E-state index contributed by atoms with van der Waals surface area (Å²) in [6.45, 7) is 3.66. The van der Waals surface area contributed by atoms with Gasteiger partial charge in [0, 0.05) is 23.3 Å². The summed E-state index contributed by atoms with van der Waals surface area (Å²) in [4.78, 5) is 2.28. The van der Waals surface area contributed by atoms with E-state index in [0.717, 1.165) is 40.8 Å². The summed E-state index contributed by atoms with van der Waals surface area (Å²) in [6, 6.07) is 13.7. The van der Waals surface area contributed by atoms with Gasteiger partial charge in [-0.3, -0.25) is 0 Å². The minimum absolute atomic E-state index is 0.131. The molecule has 0 radical (unpaired) electrons. The van der Waals surface area contributed by atoms with E-state index in [1.165, 1.54) is 0 Å². The molecule has 1 aliphatic rings. The average molecular weight is 289 g/mol. The zero-order valence-electron chi connectivity index (χ0n) is 11.3. The first kappa shape index (κ1) is 13.1. The molecule has 1 aliphatic heterocycles. The van der Waals surface area contributed by atoms with E-state index < -0.39 is 0 Å². The van der Waals surface area contributed by atoms with Crippen LogP contribution in [0.15, 0.2) is 42.5 Å². The first-order valence-electron chi connectivity index (χ1n) is 6.68. The van der Waals surface area contributed by atoms with Crippen LogP contribution < -0.4 is 15.4 Å². The van der Waals surface area contributed by atoms with E-state index in [4.69, 9.17) is 22.1 Å². The highest BCUT2D eigenvalue weighted by molar-refractivity contribution is 6.31. The predicted octanol–water partition coefficient (Wildman–Crippen LogP) is 3.71. The van der Waals surface area contributed by atoms with Gasteiger partial charge in [-0.1, -0.05) is 29.8 Å². The molecule has 2 aromatic rings. The number of hydrogen-bond acceptors (Lipinski definition) is 3. The highest BCUT2D eigenvalue weighted by Gasteiger charge is 2.23.